The van der Waals surface area contributed by atoms with E-state index in [2.05, 4.69) is 41.3 Å². The number of rotatable bonds is 7. The van der Waals surface area contributed by atoms with Gasteiger partial charge in [-0.25, -0.2) is 0 Å². The molecule has 1 aromatic heterocycles. The summed E-state index contributed by atoms with van der Waals surface area (Å²) in [6, 6.07) is 8.16. The maximum Gasteiger partial charge on any atom is 0.238 e. The van der Waals surface area contributed by atoms with Gasteiger partial charge >= 0.3 is 0 Å². The number of nitrogens with one attached hydrogen (secondary N) is 1. The molecule has 3 rings (SSSR count). The molecule has 0 bridgehead atoms. The molecule has 2 aromatic rings. The molecule has 0 saturated carbocycles. The molecular weight excluding hydrogens is 352 g/mol. The fourth-order valence-electron chi connectivity index (χ4n) is 3.92. The highest BCUT2D eigenvalue weighted by atomic mass is 16.5. The zero-order chi connectivity index (χ0) is 20.1. The van der Waals surface area contributed by atoms with Crippen LogP contribution >= 0.6 is 0 Å². The second kappa shape index (κ2) is 9.24. The zero-order valence-electron chi connectivity index (χ0n) is 17.5. The summed E-state index contributed by atoms with van der Waals surface area (Å²) in [5.74, 6) is 1.41. The lowest BCUT2D eigenvalue weighted by Crippen LogP contribution is -2.42. The van der Waals surface area contributed by atoms with Crippen LogP contribution in [0.1, 0.15) is 36.7 Å². The Labute approximate surface area is 167 Å². The Kier molecular flexibility index (Phi) is 6.73. The first-order valence-corrected chi connectivity index (χ1v) is 10.2. The van der Waals surface area contributed by atoms with Crippen LogP contribution in [-0.4, -0.2) is 46.8 Å². The molecule has 1 saturated heterocycles. The van der Waals surface area contributed by atoms with Crippen molar-refractivity contribution >= 4 is 11.6 Å². The second-order valence-corrected chi connectivity index (χ2v) is 7.78. The molecule has 0 spiro atoms. The number of aryl methyl sites for hydroxylation is 3. The molecule has 0 radical (unpaired) electrons. The molecular formula is C22H32N4O2. The predicted molar refractivity (Wildman–Crippen MR) is 112 cm³/mol. The standard InChI is InChI=1S/C22H32N4O2/c1-5-26-18(4)22(17(3)24-26)23-21(27)14-25-11-7-9-19(13-25)15-28-20-10-6-8-16(2)12-20/h6,8,10,12,19H,5,7,9,11,13-15H2,1-4H3,(H,23,27)/t19-/m1/s1. The Morgan fingerprint density at radius 2 is 2.14 bits per heavy atom. The van der Waals surface area contributed by atoms with E-state index in [4.69, 9.17) is 4.74 Å². The largest absolute Gasteiger partial charge is 0.493 e. The third kappa shape index (κ3) is 5.13. The van der Waals surface area contributed by atoms with Gasteiger partial charge in [-0.1, -0.05) is 12.1 Å². The fraction of sp³-hybridized carbons (Fsp3) is 0.545. The van der Waals surface area contributed by atoms with Crippen molar-refractivity contribution in [2.45, 2.75) is 47.1 Å². The summed E-state index contributed by atoms with van der Waals surface area (Å²) in [6.45, 7) is 11.8. The summed E-state index contributed by atoms with van der Waals surface area (Å²) in [6.07, 6.45) is 2.24. The van der Waals surface area contributed by atoms with Crippen LogP contribution in [0.2, 0.25) is 0 Å². The van der Waals surface area contributed by atoms with Gasteiger partial charge in [-0.2, -0.15) is 5.10 Å². The number of piperidine rings is 1. The maximum absolute atomic E-state index is 12.6. The van der Waals surface area contributed by atoms with Crippen molar-refractivity contribution < 1.29 is 9.53 Å². The normalized spacial score (nSPS) is 17.5. The highest BCUT2D eigenvalue weighted by Gasteiger charge is 2.23. The number of ether oxygens (including phenoxy) is 1. The van der Waals surface area contributed by atoms with E-state index in [0.717, 1.165) is 55.3 Å². The van der Waals surface area contributed by atoms with Crippen molar-refractivity contribution in [2.24, 2.45) is 5.92 Å². The van der Waals surface area contributed by atoms with Crippen molar-refractivity contribution in [3.8, 4) is 5.75 Å². The summed E-state index contributed by atoms with van der Waals surface area (Å²) < 4.78 is 7.90. The first-order valence-electron chi connectivity index (χ1n) is 10.2. The van der Waals surface area contributed by atoms with Crippen molar-refractivity contribution in [1.82, 2.24) is 14.7 Å². The molecule has 1 amide bonds. The predicted octanol–water partition coefficient (Wildman–Crippen LogP) is 3.56. The maximum atomic E-state index is 12.6. The Morgan fingerprint density at radius 1 is 1.32 bits per heavy atom. The van der Waals surface area contributed by atoms with E-state index in [9.17, 15) is 4.79 Å². The smallest absolute Gasteiger partial charge is 0.238 e. The van der Waals surface area contributed by atoms with Crippen molar-refractivity contribution in [3.05, 3.63) is 41.2 Å². The zero-order valence-corrected chi connectivity index (χ0v) is 17.5. The van der Waals surface area contributed by atoms with Gasteiger partial charge in [0.15, 0.2) is 0 Å². The molecule has 1 N–H and O–H groups in total. The summed E-state index contributed by atoms with van der Waals surface area (Å²) in [5, 5.41) is 7.54. The number of nitrogens with zero attached hydrogens (tertiary/aromatic N) is 3. The third-order valence-electron chi connectivity index (χ3n) is 5.39. The number of carbonyl (C=O) groups excluding carboxylic acids is 1. The van der Waals surface area contributed by atoms with Gasteiger partial charge in [0.1, 0.15) is 5.75 Å². The van der Waals surface area contributed by atoms with E-state index in [0.29, 0.717) is 19.1 Å². The average Bonchev–Trinajstić information content (AvgIpc) is 2.94. The number of benzene rings is 1. The molecule has 2 heterocycles. The summed E-state index contributed by atoms with van der Waals surface area (Å²) >= 11 is 0. The number of aromatic nitrogens is 2. The molecule has 6 heteroatoms. The van der Waals surface area contributed by atoms with Crippen LogP contribution in [-0.2, 0) is 11.3 Å². The van der Waals surface area contributed by atoms with Gasteiger partial charge in [-0.3, -0.25) is 14.4 Å². The van der Waals surface area contributed by atoms with Crippen LogP contribution in [0.5, 0.6) is 5.75 Å². The lowest BCUT2D eigenvalue weighted by Gasteiger charge is -2.32. The number of anilines is 1. The summed E-state index contributed by atoms with van der Waals surface area (Å²) in [7, 11) is 0. The first kappa shape index (κ1) is 20.4. The summed E-state index contributed by atoms with van der Waals surface area (Å²) in [4.78, 5) is 14.8. The highest BCUT2D eigenvalue weighted by molar-refractivity contribution is 5.93. The van der Waals surface area contributed by atoms with Gasteiger partial charge in [0.2, 0.25) is 5.91 Å². The van der Waals surface area contributed by atoms with Crippen LogP contribution in [0.25, 0.3) is 0 Å². The first-order chi connectivity index (χ1) is 13.5. The summed E-state index contributed by atoms with van der Waals surface area (Å²) in [5.41, 5.74) is 3.94. The monoisotopic (exact) mass is 384 g/mol. The topological polar surface area (TPSA) is 59.4 Å². The molecule has 0 unspecified atom stereocenters. The van der Waals surface area contributed by atoms with Crippen molar-refractivity contribution in [1.29, 1.82) is 0 Å². The minimum absolute atomic E-state index is 0.0297. The molecule has 152 valence electrons. The third-order valence-corrected chi connectivity index (χ3v) is 5.39. The molecule has 1 aliphatic rings. The Balaban J connectivity index is 1.50. The average molecular weight is 385 g/mol. The Morgan fingerprint density at radius 3 is 2.86 bits per heavy atom. The number of carbonyl (C=O) groups is 1. The lowest BCUT2D eigenvalue weighted by atomic mass is 9.99. The van der Waals surface area contributed by atoms with Crippen LogP contribution in [0, 0.1) is 26.7 Å². The number of amides is 1. The minimum atomic E-state index is 0.0297. The van der Waals surface area contributed by atoms with Crippen LogP contribution in [0.15, 0.2) is 24.3 Å². The van der Waals surface area contributed by atoms with Gasteiger partial charge in [0, 0.05) is 19.0 Å². The molecule has 1 fully saturated rings. The lowest BCUT2D eigenvalue weighted by molar-refractivity contribution is -0.117. The van der Waals surface area contributed by atoms with E-state index in [1.165, 1.54) is 5.56 Å². The van der Waals surface area contributed by atoms with Crippen LogP contribution in [0.3, 0.4) is 0 Å². The van der Waals surface area contributed by atoms with Gasteiger partial charge in [0.25, 0.3) is 0 Å². The van der Waals surface area contributed by atoms with Crippen LogP contribution < -0.4 is 10.1 Å². The molecule has 1 aromatic carbocycles. The van der Waals surface area contributed by atoms with E-state index in [1.807, 2.05) is 30.7 Å². The van der Waals surface area contributed by atoms with E-state index in [-0.39, 0.29) is 5.91 Å². The molecule has 1 aliphatic heterocycles. The quantitative estimate of drug-likeness (QED) is 0.793. The Bertz CT molecular complexity index is 815. The number of hydrogen-bond acceptors (Lipinski definition) is 4. The SMILES string of the molecule is CCn1nc(C)c(NC(=O)CN2CCC[C@@H](COc3cccc(C)c3)C2)c1C. The fourth-order valence-corrected chi connectivity index (χ4v) is 3.92. The molecule has 1 atom stereocenters. The molecule has 0 aliphatic carbocycles. The van der Waals surface area contributed by atoms with Crippen molar-refractivity contribution in [3.63, 3.8) is 0 Å². The van der Waals surface area contributed by atoms with Gasteiger partial charge in [-0.15, -0.1) is 0 Å². The van der Waals surface area contributed by atoms with Crippen molar-refractivity contribution in [2.75, 3.05) is 31.6 Å². The number of likely N-dealkylation sites (tertiary alicyclic amines) is 1. The van der Waals surface area contributed by atoms with Gasteiger partial charge in [-0.05, 0) is 64.8 Å². The molecule has 6 nitrogen and oxygen atoms in total. The second-order valence-electron chi connectivity index (χ2n) is 7.78. The van der Waals surface area contributed by atoms with Gasteiger partial charge in [0.05, 0.1) is 30.2 Å². The van der Waals surface area contributed by atoms with E-state index in [1.54, 1.807) is 0 Å². The van der Waals surface area contributed by atoms with Crippen LogP contribution in [0.4, 0.5) is 5.69 Å². The number of hydrogen-bond donors (Lipinski definition) is 1. The van der Waals surface area contributed by atoms with E-state index < -0.39 is 0 Å². The highest BCUT2D eigenvalue weighted by Crippen LogP contribution is 2.21. The minimum Gasteiger partial charge on any atom is -0.493 e. The van der Waals surface area contributed by atoms with Gasteiger partial charge < -0.3 is 10.1 Å². The van der Waals surface area contributed by atoms with E-state index >= 15 is 0 Å². The Hall–Kier alpha value is -2.34. The molecule has 28 heavy (non-hydrogen) atoms.